The predicted molar refractivity (Wildman–Crippen MR) is 139 cm³/mol. The maximum absolute atomic E-state index is 11.8. The van der Waals surface area contributed by atoms with Crippen molar-refractivity contribution in [2.75, 3.05) is 7.05 Å². The Morgan fingerprint density at radius 3 is 2.29 bits per heavy atom. The Morgan fingerprint density at radius 2 is 1.61 bits per heavy atom. The fraction of sp³-hybridized carbons (Fsp3) is 0.280. The number of benzene rings is 2. The van der Waals surface area contributed by atoms with E-state index in [-0.39, 0.29) is 29.5 Å². The summed E-state index contributed by atoms with van der Waals surface area (Å²) in [4.78, 5) is 16.2. The minimum Gasteiger partial charge on any atom is -0.354 e. The molecule has 164 valence electrons. The second-order valence-corrected chi connectivity index (χ2v) is 7.48. The van der Waals surface area contributed by atoms with Crippen molar-refractivity contribution in [1.29, 1.82) is 0 Å². The Balaban J connectivity index is 0.00000341. The summed E-state index contributed by atoms with van der Waals surface area (Å²) in [6, 6.07) is 24.4. The van der Waals surface area contributed by atoms with Crippen LogP contribution in [0.4, 0.5) is 0 Å². The maximum atomic E-state index is 11.8. The van der Waals surface area contributed by atoms with Crippen LogP contribution in [0.25, 0.3) is 0 Å². The number of nitrogens with zero attached hydrogens (tertiary/aromatic N) is 2. The smallest absolute Gasteiger partial charge is 0.250 e. The van der Waals surface area contributed by atoms with Gasteiger partial charge in [0.25, 0.3) is 5.56 Å². The molecule has 3 aromatic rings. The number of hydrogen-bond donors (Lipinski definition) is 2. The Kier molecular flexibility index (Phi) is 10.3. The zero-order chi connectivity index (χ0) is 21.2. The van der Waals surface area contributed by atoms with Gasteiger partial charge in [-0.1, -0.05) is 60.7 Å². The van der Waals surface area contributed by atoms with Crippen molar-refractivity contribution >= 4 is 29.9 Å². The van der Waals surface area contributed by atoms with Gasteiger partial charge in [-0.25, -0.2) is 0 Å². The summed E-state index contributed by atoms with van der Waals surface area (Å²) in [5.74, 6) is 0.801. The molecule has 0 aliphatic rings. The van der Waals surface area contributed by atoms with E-state index in [0.29, 0.717) is 19.1 Å². The third-order valence-corrected chi connectivity index (χ3v) is 5.05. The molecule has 1 aromatic heterocycles. The van der Waals surface area contributed by atoms with Gasteiger partial charge >= 0.3 is 0 Å². The minimum atomic E-state index is 0. The first-order valence-corrected chi connectivity index (χ1v) is 10.4. The van der Waals surface area contributed by atoms with E-state index in [1.165, 1.54) is 11.1 Å². The molecular formula is C25H31IN4O. The highest BCUT2D eigenvalue weighted by atomic mass is 127. The molecule has 0 bridgehead atoms. The zero-order valence-corrected chi connectivity index (χ0v) is 20.5. The fourth-order valence-corrected chi connectivity index (χ4v) is 3.26. The number of aliphatic imine (C=N–C) groups is 1. The van der Waals surface area contributed by atoms with Gasteiger partial charge in [0.05, 0.1) is 6.54 Å². The third-order valence-electron chi connectivity index (χ3n) is 5.05. The first kappa shape index (κ1) is 24.7. The number of halogens is 1. The van der Waals surface area contributed by atoms with Crippen molar-refractivity contribution in [3.05, 3.63) is 106 Å². The summed E-state index contributed by atoms with van der Waals surface area (Å²) in [6.07, 6.45) is 3.89. The molecule has 0 aliphatic heterocycles. The van der Waals surface area contributed by atoms with E-state index in [2.05, 4.69) is 71.1 Å². The molecule has 3 rings (SSSR count). The Bertz CT molecular complexity index is 1000. The van der Waals surface area contributed by atoms with E-state index in [9.17, 15) is 4.79 Å². The molecule has 6 heteroatoms. The molecule has 0 saturated carbocycles. The van der Waals surface area contributed by atoms with Gasteiger partial charge in [-0.15, -0.1) is 24.0 Å². The van der Waals surface area contributed by atoms with E-state index in [0.717, 1.165) is 24.4 Å². The van der Waals surface area contributed by atoms with E-state index in [1.807, 2.05) is 18.3 Å². The number of hydrogen-bond acceptors (Lipinski definition) is 2. The van der Waals surface area contributed by atoms with Crippen LogP contribution in [0.2, 0.25) is 0 Å². The van der Waals surface area contributed by atoms with E-state index < -0.39 is 0 Å². The topological polar surface area (TPSA) is 58.4 Å². The molecule has 0 fully saturated rings. The van der Waals surface area contributed by atoms with Gasteiger partial charge in [-0.3, -0.25) is 9.79 Å². The Labute approximate surface area is 201 Å². The average molecular weight is 530 g/mol. The molecule has 2 aromatic carbocycles. The van der Waals surface area contributed by atoms with Crippen LogP contribution >= 0.6 is 24.0 Å². The highest BCUT2D eigenvalue weighted by molar-refractivity contribution is 14.0. The minimum absolute atomic E-state index is 0. The van der Waals surface area contributed by atoms with Crippen LogP contribution in [-0.4, -0.2) is 23.6 Å². The Morgan fingerprint density at radius 1 is 0.935 bits per heavy atom. The molecule has 0 radical (unpaired) electrons. The molecule has 1 heterocycles. The van der Waals surface area contributed by atoms with Crippen LogP contribution in [0.1, 0.15) is 30.0 Å². The van der Waals surface area contributed by atoms with Gasteiger partial charge in [-0.2, -0.15) is 0 Å². The largest absolute Gasteiger partial charge is 0.354 e. The van der Waals surface area contributed by atoms with Crippen LogP contribution < -0.4 is 16.2 Å². The van der Waals surface area contributed by atoms with Crippen molar-refractivity contribution in [3.8, 4) is 0 Å². The molecular weight excluding hydrogens is 499 g/mol. The number of pyridine rings is 1. The summed E-state index contributed by atoms with van der Waals surface area (Å²) in [6.45, 7) is 3.45. The third kappa shape index (κ3) is 8.20. The molecule has 0 saturated heterocycles. The molecule has 1 unspecified atom stereocenters. The van der Waals surface area contributed by atoms with Crippen molar-refractivity contribution in [3.63, 3.8) is 0 Å². The van der Waals surface area contributed by atoms with Crippen LogP contribution in [0, 0.1) is 0 Å². The quantitative estimate of drug-likeness (QED) is 0.261. The lowest BCUT2D eigenvalue weighted by molar-refractivity contribution is 0.593. The molecule has 0 aliphatic carbocycles. The lowest BCUT2D eigenvalue weighted by atomic mass is 10.1. The van der Waals surface area contributed by atoms with Crippen LogP contribution in [0.3, 0.4) is 0 Å². The number of aryl methyl sites for hydroxylation is 1. The van der Waals surface area contributed by atoms with Crippen molar-refractivity contribution < 1.29 is 0 Å². The number of nitrogens with one attached hydrogen (secondary N) is 2. The van der Waals surface area contributed by atoms with E-state index in [1.54, 1.807) is 23.7 Å². The molecule has 2 N–H and O–H groups in total. The van der Waals surface area contributed by atoms with Crippen molar-refractivity contribution in [1.82, 2.24) is 15.2 Å². The van der Waals surface area contributed by atoms with E-state index >= 15 is 0 Å². The van der Waals surface area contributed by atoms with Crippen LogP contribution in [0.5, 0.6) is 0 Å². The van der Waals surface area contributed by atoms with Crippen LogP contribution in [0.15, 0.2) is 88.8 Å². The summed E-state index contributed by atoms with van der Waals surface area (Å²) >= 11 is 0. The van der Waals surface area contributed by atoms with Gasteiger partial charge < -0.3 is 15.2 Å². The standard InChI is InChI=1S/C25H30N4O.HI/c1-20(11-12-21-8-4-3-5-9-21)28-25(26-2)27-18-22-13-15-23(16-14-22)19-29-17-7-6-10-24(29)30;/h3-10,13-17,20H,11-12,18-19H2,1-2H3,(H2,26,27,28);1H. The first-order valence-electron chi connectivity index (χ1n) is 10.4. The van der Waals surface area contributed by atoms with Crippen LogP contribution in [-0.2, 0) is 19.5 Å². The number of guanidine groups is 1. The molecule has 0 amide bonds. The van der Waals surface area contributed by atoms with Gasteiger partial charge in [0, 0.05) is 31.9 Å². The van der Waals surface area contributed by atoms with Gasteiger partial charge in [0.2, 0.25) is 0 Å². The summed E-state index contributed by atoms with van der Waals surface area (Å²) in [5, 5.41) is 6.84. The molecule has 5 nitrogen and oxygen atoms in total. The summed E-state index contributed by atoms with van der Waals surface area (Å²) in [5.41, 5.74) is 3.63. The lowest BCUT2D eigenvalue weighted by Crippen LogP contribution is -2.42. The predicted octanol–water partition coefficient (Wildman–Crippen LogP) is 4.20. The molecule has 31 heavy (non-hydrogen) atoms. The van der Waals surface area contributed by atoms with Gasteiger partial charge in [0.15, 0.2) is 5.96 Å². The maximum Gasteiger partial charge on any atom is 0.250 e. The number of rotatable bonds is 8. The zero-order valence-electron chi connectivity index (χ0n) is 18.1. The van der Waals surface area contributed by atoms with Gasteiger partial charge in [0.1, 0.15) is 0 Å². The fourth-order valence-electron chi connectivity index (χ4n) is 3.26. The Hall–Kier alpha value is -2.61. The summed E-state index contributed by atoms with van der Waals surface area (Å²) in [7, 11) is 1.79. The summed E-state index contributed by atoms with van der Waals surface area (Å²) < 4.78 is 1.70. The highest BCUT2D eigenvalue weighted by Gasteiger charge is 2.06. The monoisotopic (exact) mass is 530 g/mol. The average Bonchev–Trinajstić information content (AvgIpc) is 2.78. The van der Waals surface area contributed by atoms with Crippen molar-refractivity contribution in [2.24, 2.45) is 4.99 Å². The normalized spacial score (nSPS) is 12.0. The van der Waals surface area contributed by atoms with Crippen molar-refractivity contribution in [2.45, 2.75) is 38.9 Å². The first-order chi connectivity index (χ1) is 14.6. The highest BCUT2D eigenvalue weighted by Crippen LogP contribution is 2.07. The molecule has 0 spiro atoms. The SMILES string of the molecule is CN=C(NCc1ccc(Cn2ccccc2=O)cc1)NC(C)CCc1ccccc1.I. The second kappa shape index (κ2) is 12.9. The number of aromatic nitrogens is 1. The lowest BCUT2D eigenvalue weighted by Gasteiger charge is -2.18. The second-order valence-electron chi connectivity index (χ2n) is 7.48. The van der Waals surface area contributed by atoms with E-state index in [4.69, 9.17) is 0 Å². The molecule has 1 atom stereocenters. The van der Waals surface area contributed by atoms with Gasteiger partial charge in [-0.05, 0) is 42.5 Å².